The standard InChI is InChI=1S/C15H18N4O2/c1-9-17-12-11(4-6-16-12)13(18-9)19-7-10-3-2-5-15(10,8-19)14(20)21/h4,6,10H,2-3,5,7-8H2,1H3,(H,20,21)(H,16,17,18)/t10-,15+/m0/s1. The van der Waals surface area contributed by atoms with Crippen molar-refractivity contribution < 1.29 is 9.90 Å². The smallest absolute Gasteiger partial charge is 0.311 e. The van der Waals surface area contributed by atoms with Crippen LogP contribution in [0.2, 0.25) is 0 Å². The number of aliphatic carboxylic acids is 1. The molecule has 0 radical (unpaired) electrons. The minimum Gasteiger partial charge on any atom is -0.481 e. The average Bonchev–Trinajstić information content (AvgIpc) is 3.09. The second kappa shape index (κ2) is 4.19. The van der Waals surface area contributed by atoms with Gasteiger partial charge in [-0.15, -0.1) is 0 Å². The summed E-state index contributed by atoms with van der Waals surface area (Å²) < 4.78 is 0. The molecule has 4 rings (SSSR count). The number of nitrogens with one attached hydrogen (secondary N) is 1. The summed E-state index contributed by atoms with van der Waals surface area (Å²) in [6, 6.07) is 1.96. The molecule has 1 saturated heterocycles. The van der Waals surface area contributed by atoms with Crippen molar-refractivity contribution in [2.75, 3.05) is 18.0 Å². The second-order valence-electron chi connectivity index (χ2n) is 6.27. The normalized spacial score (nSPS) is 28.2. The highest BCUT2D eigenvalue weighted by atomic mass is 16.4. The van der Waals surface area contributed by atoms with Crippen LogP contribution < -0.4 is 4.90 Å². The summed E-state index contributed by atoms with van der Waals surface area (Å²) in [6.07, 6.45) is 4.66. The van der Waals surface area contributed by atoms with E-state index in [4.69, 9.17) is 0 Å². The Hall–Kier alpha value is -2.11. The van der Waals surface area contributed by atoms with Crippen molar-refractivity contribution in [3.05, 3.63) is 18.1 Å². The van der Waals surface area contributed by atoms with Crippen molar-refractivity contribution in [3.63, 3.8) is 0 Å². The Labute approximate surface area is 122 Å². The van der Waals surface area contributed by atoms with E-state index < -0.39 is 11.4 Å². The Balaban J connectivity index is 1.78. The number of carboxylic acid groups (broad SMARTS) is 1. The van der Waals surface area contributed by atoms with Gasteiger partial charge in [-0.05, 0) is 31.7 Å². The number of hydrogen-bond acceptors (Lipinski definition) is 4. The molecule has 0 amide bonds. The fourth-order valence-corrected chi connectivity index (χ4v) is 4.08. The summed E-state index contributed by atoms with van der Waals surface area (Å²) in [4.78, 5) is 26.0. The lowest BCUT2D eigenvalue weighted by atomic mass is 9.81. The monoisotopic (exact) mass is 286 g/mol. The molecule has 1 saturated carbocycles. The third-order valence-electron chi connectivity index (χ3n) is 5.10. The number of fused-ring (bicyclic) bond motifs is 2. The zero-order valence-electron chi connectivity index (χ0n) is 12.0. The summed E-state index contributed by atoms with van der Waals surface area (Å²) in [5, 5.41) is 10.7. The summed E-state index contributed by atoms with van der Waals surface area (Å²) in [5.41, 5.74) is 0.237. The molecule has 2 aromatic heterocycles. The lowest BCUT2D eigenvalue weighted by Crippen LogP contribution is -2.35. The number of aromatic amines is 1. The number of H-pyrrole nitrogens is 1. The third kappa shape index (κ3) is 1.68. The first kappa shape index (κ1) is 12.6. The number of carbonyl (C=O) groups is 1. The second-order valence-corrected chi connectivity index (χ2v) is 6.27. The maximum Gasteiger partial charge on any atom is 0.311 e. The van der Waals surface area contributed by atoms with Crippen LogP contribution in [0.5, 0.6) is 0 Å². The molecule has 2 fully saturated rings. The fraction of sp³-hybridized carbons (Fsp3) is 0.533. The van der Waals surface area contributed by atoms with Crippen LogP contribution in [0.3, 0.4) is 0 Å². The largest absolute Gasteiger partial charge is 0.481 e. The Bertz CT molecular complexity index is 726. The van der Waals surface area contributed by atoms with Crippen molar-refractivity contribution in [3.8, 4) is 0 Å². The first-order valence-corrected chi connectivity index (χ1v) is 7.40. The van der Waals surface area contributed by atoms with E-state index in [0.717, 1.165) is 42.7 Å². The summed E-state index contributed by atoms with van der Waals surface area (Å²) in [5.74, 6) is 1.16. The zero-order valence-corrected chi connectivity index (χ0v) is 12.0. The highest BCUT2D eigenvalue weighted by molar-refractivity contribution is 5.88. The van der Waals surface area contributed by atoms with Gasteiger partial charge in [0.05, 0.1) is 10.8 Å². The van der Waals surface area contributed by atoms with E-state index in [-0.39, 0.29) is 5.92 Å². The van der Waals surface area contributed by atoms with Gasteiger partial charge in [-0.3, -0.25) is 4.79 Å². The van der Waals surface area contributed by atoms with Gasteiger partial charge >= 0.3 is 5.97 Å². The third-order valence-corrected chi connectivity index (χ3v) is 5.10. The van der Waals surface area contributed by atoms with E-state index in [1.54, 1.807) is 0 Å². The first-order chi connectivity index (χ1) is 10.1. The van der Waals surface area contributed by atoms with Gasteiger partial charge in [-0.1, -0.05) is 6.42 Å². The molecule has 6 heteroatoms. The van der Waals surface area contributed by atoms with E-state index in [2.05, 4.69) is 19.9 Å². The number of aromatic nitrogens is 3. The summed E-state index contributed by atoms with van der Waals surface area (Å²) >= 11 is 0. The summed E-state index contributed by atoms with van der Waals surface area (Å²) in [6.45, 7) is 3.21. The topological polar surface area (TPSA) is 82.1 Å². The molecule has 0 unspecified atom stereocenters. The molecular formula is C15H18N4O2. The van der Waals surface area contributed by atoms with Crippen LogP contribution in [-0.4, -0.2) is 39.1 Å². The molecule has 2 aliphatic rings. The predicted molar refractivity (Wildman–Crippen MR) is 78.2 cm³/mol. The molecule has 21 heavy (non-hydrogen) atoms. The summed E-state index contributed by atoms with van der Waals surface area (Å²) in [7, 11) is 0. The van der Waals surface area contributed by atoms with Gasteiger partial charge in [0, 0.05) is 19.3 Å². The van der Waals surface area contributed by atoms with Gasteiger partial charge in [0.25, 0.3) is 0 Å². The SMILES string of the molecule is Cc1nc(N2C[C@@H]3CCC[C@@]3(C(=O)O)C2)c2cc[nH]c2n1. The lowest BCUT2D eigenvalue weighted by molar-refractivity contribution is -0.149. The molecule has 6 nitrogen and oxygen atoms in total. The quantitative estimate of drug-likeness (QED) is 0.882. The minimum absolute atomic E-state index is 0.235. The number of hydrogen-bond donors (Lipinski definition) is 2. The molecule has 3 heterocycles. The van der Waals surface area contributed by atoms with Gasteiger partial charge in [-0.2, -0.15) is 0 Å². The van der Waals surface area contributed by atoms with Gasteiger partial charge in [0.15, 0.2) is 0 Å². The highest BCUT2D eigenvalue weighted by Gasteiger charge is 2.55. The molecule has 2 atom stereocenters. The van der Waals surface area contributed by atoms with E-state index >= 15 is 0 Å². The van der Waals surface area contributed by atoms with Gasteiger partial charge in [0.2, 0.25) is 0 Å². The van der Waals surface area contributed by atoms with E-state index in [1.807, 2.05) is 19.2 Å². The molecule has 110 valence electrons. The maximum atomic E-state index is 11.8. The van der Waals surface area contributed by atoms with Crippen LogP contribution in [0.15, 0.2) is 12.3 Å². The Morgan fingerprint density at radius 3 is 3.14 bits per heavy atom. The number of anilines is 1. The van der Waals surface area contributed by atoms with Crippen molar-refractivity contribution in [1.29, 1.82) is 0 Å². The predicted octanol–water partition coefficient (Wildman–Crippen LogP) is 1.96. The van der Waals surface area contributed by atoms with Crippen LogP contribution >= 0.6 is 0 Å². The number of carboxylic acids is 1. The number of nitrogens with zero attached hydrogens (tertiary/aromatic N) is 3. The minimum atomic E-state index is -0.649. The Morgan fingerprint density at radius 2 is 2.38 bits per heavy atom. The van der Waals surface area contributed by atoms with Crippen LogP contribution in [0.1, 0.15) is 25.1 Å². The van der Waals surface area contributed by atoms with Gasteiger partial charge in [0.1, 0.15) is 17.3 Å². The molecule has 1 aliphatic carbocycles. The fourth-order valence-electron chi connectivity index (χ4n) is 4.08. The Morgan fingerprint density at radius 1 is 1.52 bits per heavy atom. The van der Waals surface area contributed by atoms with Crippen LogP contribution in [-0.2, 0) is 4.79 Å². The van der Waals surface area contributed by atoms with Crippen LogP contribution in [0.4, 0.5) is 5.82 Å². The zero-order chi connectivity index (χ0) is 14.6. The molecule has 0 aromatic carbocycles. The number of rotatable bonds is 2. The molecule has 0 spiro atoms. The van der Waals surface area contributed by atoms with Crippen LogP contribution in [0, 0.1) is 18.3 Å². The number of aryl methyl sites for hydroxylation is 1. The van der Waals surface area contributed by atoms with E-state index in [9.17, 15) is 9.90 Å². The molecule has 2 N–H and O–H groups in total. The maximum absolute atomic E-state index is 11.8. The van der Waals surface area contributed by atoms with E-state index in [1.165, 1.54) is 0 Å². The lowest BCUT2D eigenvalue weighted by Gasteiger charge is -2.24. The van der Waals surface area contributed by atoms with Crippen LogP contribution in [0.25, 0.3) is 11.0 Å². The first-order valence-electron chi connectivity index (χ1n) is 7.40. The van der Waals surface area contributed by atoms with Gasteiger partial charge < -0.3 is 15.0 Å². The molecular weight excluding hydrogens is 268 g/mol. The molecule has 1 aliphatic heterocycles. The van der Waals surface area contributed by atoms with Crippen molar-refractivity contribution >= 4 is 22.8 Å². The van der Waals surface area contributed by atoms with Crippen molar-refractivity contribution in [1.82, 2.24) is 15.0 Å². The van der Waals surface area contributed by atoms with E-state index in [0.29, 0.717) is 12.4 Å². The van der Waals surface area contributed by atoms with Crippen molar-refractivity contribution in [2.24, 2.45) is 11.3 Å². The highest BCUT2D eigenvalue weighted by Crippen LogP contribution is 2.50. The molecule has 2 aromatic rings. The molecule has 0 bridgehead atoms. The average molecular weight is 286 g/mol. The van der Waals surface area contributed by atoms with Gasteiger partial charge in [-0.25, -0.2) is 9.97 Å². The van der Waals surface area contributed by atoms with Crippen molar-refractivity contribution in [2.45, 2.75) is 26.2 Å². The Kier molecular flexibility index (Phi) is 2.52.